The van der Waals surface area contributed by atoms with E-state index in [1.165, 1.54) is 0 Å². The minimum atomic E-state index is -0.194. The summed E-state index contributed by atoms with van der Waals surface area (Å²) in [6.07, 6.45) is 2.99. The normalized spacial score (nSPS) is 15.2. The third-order valence-electron chi connectivity index (χ3n) is 2.84. The lowest BCUT2D eigenvalue weighted by molar-refractivity contribution is -0.124. The minimum absolute atomic E-state index is 0.0294. The van der Waals surface area contributed by atoms with Gasteiger partial charge in [-0.05, 0) is 53.0 Å². The molecule has 0 heterocycles. The number of aliphatic hydroxyl groups is 1. The second-order valence-electron chi connectivity index (χ2n) is 6.04. The van der Waals surface area contributed by atoms with E-state index in [-0.39, 0.29) is 24.1 Å². The first-order valence-corrected chi connectivity index (χ1v) is 6.96. The minimum Gasteiger partial charge on any atom is -0.396 e. The van der Waals surface area contributed by atoms with Crippen LogP contribution in [0.5, 0.6) is 0 Å². The number of carbonyl (C=O) groups excluding carboxylic acids is 1. The Morgan fingerprint density at radius 2 is 1.89 bits per heavy atom. The lowest BCUT2D eigenvalue weighted by atomic mass is 10.00. The Kier molecular flexibility index (Phi) is 8.20. The fourth-order valence-electron chi connectivity index (χ4n) is 1.85. The monoisotopic (exact) mass is 258 g/mol. The van der Waals surface area contributed by atoms with Crippen LogP contribution in [0, 0.1) is 5.92 Å². The van der Waals surface area contributed by atoms with Gasteiger partial charge in [0.05, 0.1) is 6.04 Å². The quantitative estimate of drug-likeness (QED) is 0.621. The zero-order chi connectivity index (χ0) is 14.2. The highest BCUT2D eigenvalue weighted by molar-refractivity contribution is 5.81. The molecular formula is C14H30N2O2. The molecule has 1 amide bonds. The Balaban J connectivity index is 4.06. The number of carbonyl (C=O) groups is 1. The Labute approximate surface area is 112 Å². The van der Waals surface area contributed by atoms with Gasteiger partial charge in [0.15, 0.2) is 0 Å². The van der Waals surface area contributed by atoms with Gasteiger partial charge >= 0.3 is 0 Å². The molecule has 0 aliphatic heterocycles. The van der Waals surface area contributed by atoms with Crippen molar-refractivity contribution in [1.82, 2.24) is 10.6 Å². The van der Waals surface area contributed by atoms with Crippen molar-refractivity contribution in [1.29, 1.82) is 0 Å². The molecule has 0 saturated heterocycles. The Morgan fingerprint density at radius 1 is 1.28 bits per heavy atom. The standard InChI is InChI=1S/C14H30N2O2/c1-6-7-12(8-9-17)10-15-11(2)13(18)16-14(3,4)5/h11-12,15,17H,6-10H2,1-5H3,(H,16,18). The van der Waals surface area contributed by atoms with Crippen LogP contribution in [0.3, 0.4) is 0 Å². The average Bonchev–Trinajstić information content (AvgIpc) is 2.23. The number of hydrogen-bond donors (Lipinski definition) is 3. The number of aliphatic hydroxyl groups excluding tert-OH is 1. The van der Waals surface area contributed by atoms with Crippen LogP contribution in [0.15, 0.2) is 0 Å². The summed E-state index contributed by atoms with van der Waals surface area (Å²) in [6, 6.07) is -0.192. The summed E-state index contributed by atoms with van der Waals surface area (Å²) in [5.74, 6) is 0.478. The zero-order valence-corrected chi connectivity index (χ0v) is 12.5. The van der Waals surface area contributed by atoms with Crippen LogP contribution in [0.1, 0.15) is 53.9 Å². The van der Waals surface area contributed by atoms with E-state index in [2.05, 4.69) is 17.6 Å². The summed E-state index contributed by atoms with van der Waals surface area (Å²) < 4.78 is 0. The zero-order valence-electron chi connectivity index (χ0n) is 12.5. The van der Waals surface area contributed by atoms with Gasteiger partial charge in [0, 0.05) is 12.1 Å². The molecule has 3 N–H and O–H groups in total. The maximum absolute atomic E-state index is 11.9. The van der Waals surface area contributed by atoms with Crippen LogP contribution in [-0.2, 0) is 4.79 Å². The first kappa shape index (κ1) is 17.4. The van der Waals surface area contributed by atoms with Crippen molar-refractivity contribution in [3.8, 4) is 0 Å². The first-order chi connectivity index (χ1) is 8.30. The van der Waals surface area contributed by atoms with E-state index in [1.54, 1.807) is 0 Å². The van der Waals surface area contributed by atoms with Gasteiger partial charge in [0.2, 0.25) is 5.91 Å². The van der Waals surface area contributed by atoms with Crippen molar-refractivity contribution in [2.75, 3.05) is 13.2 Å². The molecule has 18 heavy (non-hydrogen) atoms. The number of rotatable bonds is 8. The van der Waals surface area contributed by atoms with Crippen molar-refractivity contribution >= 4 is 5.91 Å². The van der Waals surface area contributed by atoms with Gasteiger partial charge in [-0.25, -0.2) is 0 Å². The van der Waals surface area contributed by atoms with Gasteiger partial charge in [0.1, 0.15) is 0 Å². The van der Waals surface area contributed by atoms with Crippen LogP contribution in [-0.4, -0.2) is 35.7 Å². The fourth-order valence-corrected chi connectivity index (χ4v) is 1.85. The smallest absolute Gasteiger partial charge is 0.237 e. The lowest BCUT2D eigenvalue weighted by Crippen LogP contribution is -2.50. The summed E-state index contributed by atoms with van der Waals surface area (Å²) in [5.41, 5.74) is -0.194. The largest absolute Gasteiger partial charge is 0.396 e. The third-order valence-corrected chi connectivity index (χ3v) is 2.84. The molecule has 0 saturated carbocycles. The van der Waals surface area contributed by atoms with E-state index in [0.29, 0.717) is 5.92 Å². The van der Waals surface area contributed by atoms with E-state index in [1.807, 2.05) is 27.7 Å². The summed E-state index contributed by atoms with van der Waals surface area (Å²) in [4.78, 5) is 11.9. The van der Waals surface area contributed by atoms with Gasteiger partial charge in [-0.15, -0.1) is 0 Å². The second-order valence-corrected chi connectivity index (χ2v) is 6.04. The third kappa shape index (κ3) is 8.48. The molecule has 0 bridgehead atoms. The molecular weight excluding hydrogens is 228 g/mol. The van der Waals surface area contributed by atoms with Gasteiger partial charge in [-0.2, -0.15) is 0 Å². The van der Waals surface area contributed by atoms with Crippen LogP contribution in [0.2, 0.25) is 0 Å². The van der Waals surface area contributed by atoms with Crippen LogP contribution < -0.4 is 10.6 Å². The van der Waals surface area contributed by atoms with Gasteiger partial charge in [-0.3, -0.25) is 4.79 Å². The van der Waals surface area contributed by atoms with Crippen molar-refractivity contribution in [2.24, 2.45) is 5.92 Å². The number of amides is 1. The molecule has 0 aromatic carbocycles. The molecule has 0 spiro atoms. The maximum Gasteiger partial charge on any atom is 0.237 e. The fraction of sp³-hybridized carbons (Fsp3) is 0.929. The lowest BCUT2D eigenvalue weighted by Gasteiger charge is -2.25. The second kappa shape index (κ2) is 8.48. The molecule has 108 valence electrons. The van der Waals surface area contributed by atoms with Crippen molar-refractivity contribution in [2.45, 2.75) is 65.5 Å². The van der Waals surface area contributed by atoms with E-state index in [0.717, 1.165) is 25.8 Å². The molecule has 0 aromatic rings. The van der Waals surface area contributed by atoms with E-state index < -0.39 is 0 Å². The van der Waals surface area contributed by atoms with E-state index in [4.69, 9.17) is 5.11 Å². The van der Waals surface area contributed by atoms with Crippen molar-refractivity contribution in [3.63, 3.8) is 0 Å². The summed E-state index contributed by atoms with van der Waals surface area (Å²) in [6.45, 7) is 10.9. The van der Waals surface area contributed by atoms with E-state index >= 15 is 0 Å². The molecule has 0 aliphatic rings. The SMILES string of the molecule is CCCC(CCO)CNC(C)C(=O)NC(C)(C)C. The first-order valence-electron chi connectivity index (χ1n) is 6.96. The highest BCUT2D eigenvalue weighted by Crippen LogP contribution is 2.09. The Morgan fingerprint density at radius 3 is 2.33 bits per heavy atom. The molecule has 0 aliphatic carbocycles. The summed E-state index contributed by atoms with van der Waals surface area (Å²) >= 11 is 0. The highest BCUT2D eigenvalue weighted by Gasteiger charge is 2.19. The van der Waals surface area contributed by atoms with Crippen LogP contribution in [0.4, 0.5) is 0 Å². The predicted octanol–water partition coefficient (Wildman–Crippen LogP) is 1.68. The summed E-state index contributed by atoms with van der Waals surface area (Å²) in [7, 11) is 0. The van der Waals surface area contributed by atoms with Crippen molar-refractivity contribution < 1.29 is 9.90 Å². The molecule has 2 atom stereocenters. The van der Waals surface area contributed by atoms with Crippen molar-refractivity contribution in [3.05, 3.63) is 0 Å². The maximum atomic E-state index is 11.9. The van der Waals surface area contributed by atoms with Crippen LogP contribution >= 0.6 is 0 Å². The highest BCUT2D eigenvalue weighted by atomic mass is 16.3. The van der Waals surface area contributed by atoms with Gasteiger partial charge in [0.25, 0.3) is 0 Å². The molecule has 4 heteroatoms. The Bertz CT molecular complexity index is 230. The Hall–Kier alpha value is -0.610. The van der Waals surface area contributed by atoms with Gasteiger partial charge < -0.3 is 15.7 Å². The van der Waals surface area contributed by atoms with Crippen LogP contribution in [0.25, 0.3) is 0 Å². The number of hydrogen-bond acceptors (Lipinski definition) is 3. The molecule has 0 radical (unpaired) electrons. The predicted molar refractivity (Wildman–Crippen MR) is 75.5 cm³/mol. The van der Waals surface area contributed by atoms with Gasteiger partial charge in [-0.1, -0.05) is 13.3 Å². The van der Waals surface area contributed by atoms with E-state index in [9.17, 15) is 4.79 Å². The molecule has 0 aromatic heterocycles. The molecule has 0 rings (SSSR count). The topological polar surface area (TPSA) is 61.4 Å². The number of nitrogens with one attached hydrogen (secondary N) is 2. The molecule has 2 unspecified atom stereocenters. The average molecular weight is 258 g/mol. The summed E-state index contributed by atoms with van der Waals surface area (Å²) in [5, 5.41) is 15.2. The molecule has 0 fully saturated rings. The molecule has 4 nitrogen and oxygen atoms in total.